The lowest BCUT2D eigenvalue weighted by Crippen LogP contribution is -2.51. The lowest BCUT2D eigenvalue weighted by molar-refractivity contribution is -0.141. The molecule has 2 aromatic carbocycles. The molecular formula is C27H34ClF2N3O4S. The molecule has 1 fully saturated rings. The zero-order valence-corrected chi connectivity index (χ0v) is 23.2. The Hall–Kier alpha value is -2.72. The minimum Gasteiger partial charge on any atom is -0.352 e. The van der Waals surface area contributed by atoms with Gasteiger partial charge in [-0.05, 0) is 55.5 Å². The second-order valence-corrected chi connectivity index (χ2v) is 11.9. The molecule has 1 aliphatic carbocycles. The van der Waals surface area contributed by atoms with Gasteiger partial charge in [-0.3, -0.25) is 13.9 Å². The number of nitrogens with zero attached hydrogens (tertiary/aromatic N) is 2. The molecule has 208 valence electrons. The van der Waals surface area contributed by atoms with E-state index in [0.29, 0.717) is 11.4 Å². The molecule has 2 amide bonds. The van der Waals surface area contributed by atoms with E-state index in [4.69, 9.17) is 11.6 Å². The summed E-state index contributed by atoms with van der Waals surface area (Å²) in [6.45, 7) is 1.91. The standard InChI is InChI=1S/C27H34ClF2N3O4S/c1-3-25(27(35)31-21-7-4-5-8-21)32(18-19-10-12-20(28)13-11-19)26(34)9-6-16-33(38(2,36)37)22-14-15-23(29)24(30)17-22/h10-15,17,21,25H,3-9,16,18H2,1-2H3,(H,31,35)/t25-/m0/s1. The molecule has 0 saturated heterocycles. The molecule has 38 heavy (non-hydrogen) atoms. The predicted octanol–water partition coefficient (Wildman–Crippen LogP) is 5.03. The summed E-state index contributed by atoms with van der Waals surface area (Å²) in [5.74, 6) is -2.77. The highest BCUT2D eigenvalue weighted by Gasteiger charge is 2.30. The van der Waals surface area contributed by atoms with Crippen molar-refractivity contribution in [2.75, 3.05) is 17.1 Å². The Labute approximate surface area is 228 Å². The molecular weight excluding hydrogens is 536 g/mol. The number of anilines is 1. The number of rotatable bonds is 12. The molecule has 0 heterocycles. The average Bonchev–Trinajstić information content (AvgIpc) is 3.37. The van der Waals surface area contributed by atoms with E-state index in [1.54, 1.807) is 24.3 Å². The van der Waals surface area contributed by atoms with Crippen LogP contribution in [0.2, 0.25) is 5.02 Å². The number of amides is 2. The highest BCUT2D eigenvalue weighted by atomic mass is 35.5. The summed E-state index contributed by atoms with van der Waals surface area (Å²) in [4.78, 5) is 28.2. The van der Waals surface area contributed by atoms with Crippen molar-refractivity contribution in [1.29, 1.82) is 0 Å². The molecule has 1 saturated carbocycles. The molecule has 0 spiro atoms. The fourth-order valence-corrected chi connectivity index (χ4v) is 5.80. The number of hydrogen-bond donors (Lipinski definition) is 1. The van der Waals surface area contributed by atoms with Gasteiger partial charge in [-0.15, -0.1) is 0 Å². The van der Waals surface area contributed by atoms with Crippen LogP contribution in [0.25, 0.3) is 0 Å². The van der Waals surface area contributed by atoms with Crippen molar-refractivity contribution < 1.29 is 26.8 Å². The summed E-state index contributed by atoms with van der Waals surface area (Å²) < 4.78 is 52.8. The first-order valence-electron chi connectivity index (χ1n) is 12.8. The van der Waals surface area contributed by atoms with Gasteiger partial charge in [0.2, 0.25) is 21.8 Å². The summed E-state index contributed by atoms with van der Waals surface area (Å²) in [7, 11) is -3.82. The van der Waals surface area contributed by atoms with Gasteiger partial charge in [0, 0.05) is 36.6 Å². The summed E-state index contributed by atoms with van der Waals surface area (Å²) in [5, 5.41) is 3.63. The molecule has 7 nitrogen and oxygen atoms in total. The lowest BCUT2D eigenvalue weighted by atomic mass is 10.1. The summed E-state index contributed by atoms with van der Waals surface area (Å²) in [5.41, 5.74) is 0.772. The molecule has 0 unspecified atom stereocenters. The minimum absolute atomic E-state index is 0.0285. The van der Waals surface area contributed by atoms with Gasteiger partial charge in [-0.2, -0.15) is 0 Å². The molecule has 0 aromatic heterocycles. The smallest absolute Gasteiger partial charge is 0.243 e. The Balaban J connectivity index is 1.76. The number of halogens is 3. The number of carbonyl (C=O) groups is 2. The van der Waals surface area contributed by atoms with E-state index in [1.165, 1.54) is 11.0 Å². The van der Waals surface area contributed by atoms with Crippen molar-refractivity contribution in [3.8, 4) is 0 Å². The number of hydrogen-bond acceptors (Lipinski definition) is 4. The number of nitrogens with one attached hydrogen (secondary N) is 1. The van der Waals surface area contributed by atoms with Crippen molar-refractivity contribution in [3.05, 3.63) is 64.7 Å². The minimum atomic E-state index is -3.82. The summed E-state index contributed by atoms with van der Waals surface area (Å²) in [6.07, 6.45) is 5.38. The maximum atomic E-state index is 13.8. The van der Waals surface area contributed by atoms with Crippen LogP contribution in [-0.2, 0) is 26.2 Å². The highest BCUT2D eigenvalue weighted by Crippen LogP contribution is 2.23. The van der Waals surface area contributed by atoms with Gasteiger partial charge in [-0.25, -0.2) is 17.2 Å². The lowest BCUT2D eigenvalue weighted by Gasteiger charge is -2.32. The number of carbonyl (C=O) groups excluding carboxylic acids is 2. The zero-order valence-electron chi connectivity index (χ0n) is 21.6. The fourth-order valence-electron chi connectivity index (χ4n) is 4.72. The number of benzene rings is 2. The van der Waals surface area contributed by atoms with Gasteiger partial charge in [0.1, 0.15) is 6.04 Å². The maximum Gasteiger partial charge on any atom is 0.243 e. The van der Waals surface area contributed by atoms with E-state index in [-0.39, 0.29) is 49.5 Å². The highest BCUT2D eigenvalue weighted by molar-refractivity contribution is 7.92. The monoisotopic (exact) mass is 569 g/mol. The molecule has 0 radical (unpaired) electrons. The molecule has 3 rings (SSSR count). The van der Waals surface area contributed by atoms with Crippen molar-refractivity contribution in [2.45, 2.75) is 70.5 Å². The van der Waals surface area contributed by atoms with Gasteiger partial charge < -0.3 is 10.2 Å². The van der Waals surface area contributed by atoms with Crippen LogP contribution in [-0.4, -0.2) is 50.0 Å². The molecule has 0 aliphatic heterocycles. The zero-order chi connectivity index (χ0) is 27.9. The molecule has 1 atom stereocenters. The second kappa shape index (κ2) is 13.4. The third kappa shape index (κ3) is 8.14. The van der Waals surface area contributed by atoms with E-state index < -0.39 is 27.7 Å². The van der Waals surface area contributed by atoms with E-state index >= 15 is 0 Å². The Morgan fingerprint density at radius 2 is 1.74 bits per heavy atom. The molecule has 1 N–H and O–H groups in total. The third-order valence-corrected chi connectivity index (χ3v) is 8.14. The SMILES string of the molecule is CC[C@@H](C(=O)NC1CCCC1)N(Cc1ccc(Cl)cc1)C(=O)CCCN(c1ccc(F)c(F)c1)S(C)(=O)=O. The molecule has 0 bridgehead atoms. The van der Waals surface area contributed by atoms with Crippen LogP contribution in [0.5, 0.6) is 0 Å². The Bertz CT molecular complexity index is 1220. The van der Waals surface area contributed by atoms with Gasteiger partial charge >= 0.3 is 0 Å². The average molecular weight is 570 g/mol. The van der Waals surface area contributed by atoms with Crippen LogP contribution in [0.15, 0.2) is 42.5 Å². The van der Waals surface area contributed by atoms with Crippen molar-refractivity contribution in [3.63, 3.8) is 0 Å². The largest absolute Gasteiger partial charge is 0.352 e. The fraction of sp³-hybridized carbons (Fsp3) is 0.481. The van der Waals surface area contributed by atoms with Crippen LogP contribution < -0.4 is 9.62 Å². The van der Waals surface area contributed by atoms with E-state index in [2.05, 4.69) is 5.32 Å². The maximum absolute atomic E-state index is 13.8. The molecule has 1 aliphatic rings. The van der Waals surface area contributed by atoms with Crippen LogP contribution in [0, 0.1) is 11.6 Å². The topological polar surface area (TPSA) is 86.8 Å². The van der Waals surface area contributed by atoms with Gasteiger partial charge in [0.15, 0.2) is 11.6 Å². The first-order chi connectivity index (χ1) is 18.0. The quantitative estimate of drug-likeness (QED) is 0.388. The number of sulfonamides is 1. The Kier molecular flexibility index (Phi) is 10.5. The van der Waals surface area contributed by atoms with Crippen LogP contribution >= 0.6 is 11.6 Å². The Morgan fingerprint density at radius 1 is 1.08 bits per heavy atom. The van der Waals surface area contributed by atoms with Crippen LogP contribution in [0.4, 0.5) is 14.5 Å². The van der Waals surface area contributed by atoms with Crippen molar-refractivity contribution >= 4 is 39.1 Å². The van der Waals surface area contributed by atoms with Crippen LogP contribution in [0.1, 0.15) is 57.4 Å². The summed E-state index contributed by atoms with van der Waals surface area (Å²) in [6, 6.07) is 9.25. The Morgan fingerprint density at radius 3 is 2.32 bits per heavy atom. The molecule has 2 aromatic rings. The van der Waals surface area contributed by atoms with E-state index in [1.807, 2.05) is 6.92 Å². The van der Waals surface area contributed by atoms with Crippen molar-refractivity contribution in [2.24, 2.45) is 0 Å². The first-order valence-corrected chi connectivity index (χ1v) is 15.0. The predicted molar refractivity (Wildman–Crippen MR) is 144 cm³/mol. The molecule has 11 heteroatoms. The summed E-state index contributed by atoms with van der Waals surface area (Å²) >= 11 is 6.01. The second-order valence-electron chi connectivity index (χ2n) is 9.60. The van der Waals surface area contributed by atoms with E-state index in [9.17, 15) is 26.8 Å². The first kappa shape index (κ1) is 29.8. The van der Waals surface area contributed by atoms with Gasteiger partial charge in [-0.1, -0.05) is 43.5 Å². The normalized spacial score (nSPS) is 14.8. The van der Waals surface area contributed by atoms with E-state index in [0.717, 1.165) is 53.9 Å². The van der Waals surface area contributed by atoms with Crippen LogP contribution in [0.3, 0.4) is 0 Å². The van der Waals surface area contributed by atoms with Gasteiger partial charge in [0.25, 0.3) is 0 Å². The van der Waals surface area contributed by atoms with Gasteiger partial charge in [0.05, 0.1) is 11.9 Å². The third-order valence-electron chi connectivity index (χ3n) is 6.70. The van der Waals surface area contributed by atoms with Crippen molar-refractivity contribution in [1.82, 2.24) is 10.2 Å².